The summed E-state index contributed by atoms with van der Waals surface area (Å²) in [7, 11) is 1.69. The lowest BCUT2D eigenvalue weighted by Crippen LogP contribution is -2.38. The highest BCUT2D eigenvalue weighted by Crippen LogP contribution is 2.28. The Morgan fingerprint density at radius 2 is 2.27 bits per heavy atom. The third-order valence-electron chi connectivity index (χ3n) is 3.29. The number of rotatable bonds is 8. The van der Waals surface area contributed by atoms with Crippen molar-refractivity contribution in [2.45, 2.75) is 25.8 Å². The largest absolute Gasteiger partial charge is 0.381 e. The summed E-state index contributed by atoms with van der Waals surface area (Å²) in [6.07, 6.45) is 5.14. The molecule has 0 aromatic carbocycles. The third kappa shape index (κ3) is 7.35. The van der Waals surface area contributed by atoms with E-state index in [1.165, 1.54) is 18.9 Å². The minimum Gasteiger partial charge on any atom is -0.381 e. The summed E-state index contributed by atoms with van der Waals surface area (Å²) < 4.78 is 19.0. The van der Waals surface area contributed by atoms with Gasteiger partial charge in [-0.05, 0) is 37.3 Å². The van der Waals surface area contributed by atoms with Crippen molar-refractivity contribution < 1.29 is 9.13 Å². The molecule has 2 N–H and O–H groups in total. The Bertz CT molecular complexity index is 469. The first-order valence-electron chi connectivity index (χ1n) is 7.41. The Balaban J connectivity index is 0.00000242. The number of aromatic nitrogens is 1. The van der Waals surface area contributed by atoms with Crippen molar-refractivity contribution in [3.8, 4) is 0 Å². The molecule has 0 bridgehead atoms. The number of nitrogens with zero attached hydrogens (tertiary/aromatic N) is 2. The molecular weight excluding hydrogens is 398 g/mol. The first kappa shape index (κ1) is 19.1. The van der Waals surface area contributed by atoms with Gasteiger partial charge in [-0.3, -0.25) is 9.98 Å². The quantitative estimate of drug-likeness (QED) is 0.292. The Morgan fingerprint density at radius 3 is 2.95 bits per heavy atom. The van der Waals surface area contributed by atoms with E-state index in [1.807, 2.05) is 0 Å². The van der Waals surface area contributed by atoms with E-state index >= 15 is 0 Å². The molecule has 5 nitrogen and oxygen atoms in total. The number of ether oxygens (including phenoxy) is 1. The first-order chi connectivity index (χ1) is 10.3. The Morgan fingerprint density at radius 1 is 1.45 bits per heavy atom. The lowest BCUT2D eigenvalue weighted by Gasteiger charge is -2.12. The van der Waals surface area contributed by atoms with Crippen LogP contribution in [-0.4, -0.2) is 37.7 Å². The molecular formula is C15H24FIN4O. The van der Waals surface area contributed by atoms with Gasteiger partial charge in [0.05, 0.1) is 12.2 Å². The highest BCUT2D eigenvalue weighted by atomic mass is 127. The van der Waals surface area contributed by atoms with Crippen LogP contribution in [0, 0.1) is 11.7 Å². The van der Waals surface area contributed by atoms with Crippen molar-refractivity contribution >= 4 is 29.9 Å². The number of hydrogen-bond acceptors (Lipinski definition) is 3. The van der Waals surface area contributed by atoms with Gasteiger partial charge in [-0.15, -0.1) is 24.0 Å². The number of nitrogens with one attached hydrogen (secondary N) is 2. The minimum atomic E-state index is -0.311. The van der Waals surface area contributed by atoms with Gasteiger partial charge in [0, 0.05) is 33.0 Å². The predicted molar refractivity (Wildman–Crippen MR) is 96.0 cm³/mol. The zero-order chi connectivity index (χ0) is 14.9. The van der Waals surface area contributed by atoms with Gasteiger partial charge in [-0.2, -0.15) is 0 Å². The van der Waals surface area contributed by atoms with E-state index in [1.54, 1.807) is 19.3 Å². The van der Waals surface area contributed by atoms with Crippen LogP contribution in [0.1, 0.15) is 25.0 Å². The lowest BCUT2D eigenvalue weighted by molar-refractivity contribution is 0.123. The zero-order valence-corrected chi connectivity index (χ0v) is 15.2. The Kier molecular flexibility index (Phi) is 9.30. The van der Waals surface area contributed by atoms with Crippen LogP contribution in [-0.2, 0) is 11.3 Å². The fourth-order valence-corrected chi connectivity index (χ4v) is 1.85. The number of guanidine groups is 1. The summed E-state index contributed by atoms with van der Waals surface area (Å²) in [5.74, 6) is 1.14. The second kappa shape index (κ2) is 10.7. The third-order valence-corrected chi connectivity index (χ3v) is 3.29. The van der Waals surface area contributed by atoms with E-state index in [9.17, 15) is 4.39 Å². The molecule has 1 heterocycles. The fourth-order valence-electron chi connectivity index (χ4n) is 1.85. The molecule has 2 rings (SSSR count). The van der Waals surface area contributed by atoms with Gasteiger partial charge in [0.1, 0.15) is 5.82 Å². The molecule has 1 aliphatic rings. The molecule has 1 fully saturated rings. The smallest absolute Gasteiger partial charge is 0.191 e. The number of halogens is 2. The highest BCUT2D eigenvalue weighted by molar-refractivity contribution is 14.0. The molecule has 0 unspecified atom stereocenters. The van der Waals surface area contributed by atoms with Crippen LogP contribution in [0.4, 0.5) is 4.39 Å². The number of aliphatic imine (C=N–C) groups is 1. The minimum absolute atomic E-state index is 0. The fraction of sp³-hybridized carbons (Fsp3) is 0.600. The van der Waals surface area contributed by atoms with Crippen molar-refractivity contribution in [3.05, 3.63) is 29.8 Å². The van der Waals surface area contributed by atoms with Gasteiger partial charge in [-0.1, -0.05) is 0 Å². The molecule has 0 saturated heterocycles. The van der Waals surface area contributed by atoms with Crippen LogP contribution in [0.5, 0.6) is 0 Å². The predicted octanol–water partition coefficient (Wildman–Crippen LogP) is 2.32. The van der Waals surface area contributed by atoms with Crippen molar-refractivity contribution in [3.63, 3.8) is 0 Å². The average molecular weight is 422 g/mol. The number of hydrogen-bond donors (Lipinski definition) is 2. The molecule has 0 atom stereocenters. The summed E-state index contributed by atoms with van der Waals surface area (Å²) in [5.41, 5.74) is 0.383. The van der Waals surface area contributed by atoms with Crippen LogP contribution in [0.25, 0.3) is 0 Å². The molecule has 22 heavy (non-hydrogen) atoms. The highest BCUT2D eigenvalue weighted by Gasteiger charge is 2.20. The average Bonchev–Trinajstić information content (AvgIpc) is 3.31. The number of pyridine rings is 1. The van der Waals surface area contributed by atoms with Crippen LogP contribution in [0.15, 0.2) is 23.3 Å². The summed E-state index contributed by atoms with van der Waals surface area (Å²) in [4.78, 5) is 8.08. The first-order valence-corrected chi connectivity index (χ1v) is 7.41. The molecule has 0 aliphatic heterocycles. The molecule has 0 spiro atoms. The van der Waals surface area contributed by atoms with Gasteiger partial charge < -0.3 is 15.4 Å². The second-order valence-corrected chi connectivity index (χ2v) is 5.16. The zero-order valence-electron chi connectivity index (χ0n) is 12.8. The van der Waals surface area contributed by atoms with Gasteiger partial charge >= 0.3 is 0 Å². The van der Waals surface area contributed by atoms with E-state index in [-0.39, 0.29) is 29.8 Å². The SMILES string of the molecule is CN=C(NCCCOCC1CC1)NCc1ncccc1F.I. The van der Waals surface area contributed by atoms with E-state index < -0.39 is 0 Å². The molecule has 124 valence electrons. The molecule has 1 aromatic rings. The van der Waals surface area contributed by atoms with Gasteiger partial charge in [0.15, 0.2) is 5.96 Å². The maximum absolute atomic E-state index is 13.4. The summed E-state index contributed by atoms with van der Waals surface area (Å²) in [6.45, 7) is 2.74. The maximum atomic E-state index is 13.4. The van der Waals surface area contributed by atoms with Crippen molar-refractivity contribution in [2.24, 2.45) is 10.9 Å². The normalized spacial score (nSPS) is 14.4. The van der Waals surface area contributed by atoms with E-state index in [0.29, 0.717) is 18.2 Å². The topological polar surface area (TPSA) is 58.5 Å². The summed E-state index contributed by atoms with van der Waals surface area (Å²) >= 11 is 0. The van der Waals surface area contributed by atoms with Crippen molar-refractivity contribution in [1.29, 1.82) is 0 Å². The van der Waals surface area contributed by atoms with E-state index in [2.05, 4.69) is 20.6 Å². The monoisotopic (exact) mass is 422 g/mol. The Hall–Kier alpha value is -0.960. The second-order valence-electron chi connectivity index (χ2n) is 5.16. The maximum Gasteiger partial charge on any atom is 0.191 e. The molecule has 1 saturated carbocycles. The van der Waals surface area contributed by atoms with Gasteiger partial charge in [-0.25, -0.2) is 4.39 Å². The summed E-state index contributed by atoms with van der Waals surface area (Å²) in [5, 5.41) is 6.21. The summed E-state index contributed by atoms with van der Waals surface area (Å²) in [6, 6.07) is 2.98. The van der Waals surface area contributed by atoms with E-state index in [4.69, 9.17) is 4.74 Å². The molecule has 1 aliphatic carbocycles. The van der Waals surface area contributed by atoms with Crippen LogP contribution >= 0.6 is 24.0 Å². The molecule has 1 aromatic heterocycles. The van der Waals surface area contributed by atoms with Crippen molar-refractivity contribution in [2.75, 3.05) is 26.8 Å². The van der Waals surface area contributed by atoms with Gasteiger partial charge in [0.2, 0.25) is 0 Å². The van der Waals surface area contributed by atoms with Crippen LogP contribution < -0.4 is 10.6 Å². The van der Waals surface area contributed by atoms with E-state index in [0.717, 1.165) is 32.1 Å². The van der Waals surface area contributed by atoms with Crippen molar-refractivity contribution in [1.82, 2.24) is 15.6 Å². The van der Waals surface area contributed by atoms with Crippen LogP contribution in [0.2, 0.25) is 0 Å². The van der Waals surface area contributed by atoms with Crippen LogP contribution in [0.3, 0.4) is 0 Å². The standard InChI is InChI=1S/C15H23FN4O.HI/c1-17-15(19-8-3-9-21-11-12-5-6-12)20-10-14-13(16)4-2-7-18-14;/h2,4,7,12H,3,5-6,8-11H2,1H3,(H2,17,19,20);1H. The molecule has 0 radical (unpaired) electrons. The molecule has 7 heteroatoms. The van der Waals surface area contributed by atoms with Gasteiger partial charge in [0.25, 0.3) is 0 Å². The molecule has 0 amide bonds. The Labute approximate surface area is 148 Å². The lowest BCUT2D eigenvalue weighted by atomic mass is 10.3.